The number of rotatable bonds is 6. The lowest BCUT2D eigenvalue weighted by Gasteiger charge is -2.06. The molecule has 2 aromatic rings. The van der Waals surface area contributed by atoms with Gasteiger partial charge in [-0.15, -0.1) is 11.6 Å². The Hall–Kier alpha value is -1.81. The van der Waals surface area contributed by atoms with Gasteiger partial charge in [0.15, 0.2) is 12.2 Å². The molecule has 0 unspecified atom stereocenters. The molecule has 1 N–H and O–H groups in total. The van der Waals surface area contributed by atoms with Crippen LogP contribution in [-0.4, -0.2) is 16.8 Å². The molecule has 0 fully saturated rings. The maximum Gasteiger partial charge on any atom is 0.224 e. The highest BCUT2D eigenvalue weighted by molar-refractivity contribution is 6.17. The summed E-state index contributed by atoms with van der Waals surface area (Å²) < 4.78 is 5.22. The smallest absolute Gasteiger partial charge is 0.224 e. The number of carbonyl (C=O) groups excluding carboxylic acids is 1. The van der Waals surface area contributed by atoms with E-state index in [1.807, 2.05) is 24.3 Å². The lowest BCUT2D eigenvalue weighted by atomic mass is 10.1. The Balaban J connectivity index is 1.97. The molecule has 1 aromatic carbocycles. The summed E-state index contributed by atoms with van der Waals surface area (Å²) in [6.07, 6.45) is 5.16. The zero-order chi connectivity index (χ0) is 13.5. The van der Waals surface area contributed by atoms with Gasteiger partial charge in [-0.25, -0.2) is 4.98 Å². The number of nitrogens with one attached hydrogen (secondary N) is 1. The van der Waals surface area contributed by atoms with Crippen LogP contribution in [0.1, 0.15) is 19.3 Å². The highest BCUT2D eigenvalue weighted by Crippen LogP contribution is 2.22. The molecular weight excluding hydrogens is 264 g/mol. The van der Waals surface area contributed by atoms with Crippen LogP contribution in [0.2, 0.25) is 0 Å². The standard InChI is InChI=1S/C14H15ClN2O2/c15-7-2-1-6-14(18)17-12-5-3-4-11(8-12)13-9-16-10-19-13/h3-5,8-10H,1-2,6-7H2,(H,17,18). The number of amides is 1. The summed E-state index contributed by atoms with van der Waals surface area (Å²) in [6.45, 7) is 0. The summed E-state index contributed by atoms with van der Waals surface area (Å²) in [7, 11) is 0. The van der Waals surface area contributed by atoms with E-state index in [4.69, 9.17) is 16.0 Å². The number of aromatic nitrogens is 1. The Morgan fingerprint density at radius 1 is 1.37 bits per heavy atom. The van der Waals surface area contributed by atoms with Crippen LogP contribution in [0, 0.1) is 0 Å². The zero-order valence-electron chi connectivity index (χ0n) is 10.4. The summed E-state index contributed by atoms with van der Waals surface area (Å²) >= 11 is 5.57. The molecule has 0 aliphatic carbocycles. The minimum atomic E-state index is -0.000151. The van der Waals surface area contributed by atoms with Crippen LogP contribution in [0.4, 0.5) is 5.69 Å². The number of anilines is 1. The van der Waals surface area contributed by atoms with Gasteiger partial charge in [0.2, 0.25) is 5.91 Å². The molecule has 1 amide bonds. The van der Waals surface area contributed by atoms with Crippen molar-refractivity contribution in [3.63, 3.8) is 0 Å². The molecule has 0 atom stereocenters. The third-order valence-electron chi connectivity index (χ3n) is 2.65. The molecule has 0 aliphatic rings. The van der Waals surface area contributed by atoms with Gasteiger partial charge in [-0.3, -0.25) is 4.79 Å². The minimum Gasteiger partial charge on any atom is -0.444 e. The van der Waals surface area contributed by atoms with E-state index in [2.05, 4.69) is 10.3 Å². The van der Waals surface area contributed by atoms with Gasteiger partial charge in [0.1, 0.15) is 0 Å². The monoisotopic (exact) mass is 278 g/mol. The summed E-state index contributed by atoms with van der Waals surface area (Å²) in [4.78, 5) is 15.6. The second-order valence-electron chi connectivity index (χ2n) is 4.14. The molecule has 1 heterocycles. The number of benzene rings is 1. The van der Waals surface area contributed by atoms with E-state index in [0.717, 1.165) is 24.1 Å². The van der Waals surface area contributed by atoms with Crippen molar-refractivity contribution >= 4 is 23.2 Å². The van der Waals surface area contributed by atoms with Gasteiger partial charge in [0.05, 0.1) is 6.20 Å². The minimum absolute atomic E-state index is 0.000151. The molecule has 0 aliphatic heterocycles. The van der Waals surface area contributed by atoms with Crippen LogP contribution in [0.5, 0.6) is 0 Å². The van der Waals surface area contributed by atoms with Gasteiger partial charge in [0, 0.05) is 23.6 Å². The molecule has 2 rings (SSSR count). The van der Waals surface area contributed by atoms with E-state index in [9.17, 15) is 4.79 Å². The lowest BCUT2D eigenvalue weighted by molar-refractivity contribution is -0.116. The fraction of sp³-hybridized carbons (Fsp3) is 0.286. The van der Waals surface area contributed by atoms with Crippen molar-refractivity contribution < 1.29 is 9.21 Å². The van der Waals surface area contributed by atoms with Gasteiger partial charge in [-0.05, 0) is 25.0 Å². The molecule has 0 bridgehead atoms. The maximum absolute atomic E-state index is 11.7. The highest BCUT2D eigenvalue weighted by atomic mass is 35.5. The van der Waals surface area contributed by atoms with E-state index >= 15 is 0 Å². The number of hydrogen-bond donors (Lipinski definition) is 1. The van der Waals surface area contributed by atoms with Gasteiger partial charge in [0.25, 0.3) is 0 Å². The fourth-order valence-electron chi connectivity index (χ4n) is 1.71. The fourth-order valence-corrected chi connectivity index (χ4v) is 1.90. The molecule has 0 spiro atoms. The van der Waals surface area contributed by atoms with Crippen LogP contribution < -0.4 is 5.32 Å². The molecule has 1 aromatic heterocycles. The molecular formula is C14H15ClN2O2. The summed E-state index contributed by atoms with van der Waals surface area (Å²) in [5, 5.41) is 2.86. The van der Waals surface area contributed by atoms with Crippen molar-refractivity contribution in [2.75, 3.05) is 11.2 Å². The second-order valence-corrected chi connectivity index (χ2v) is 4.52. The largest absolute Gasteiger partial charge is 0.444 e. The summed E-state index contributed by atoms with van der Waals surface area (Å²) in [6, 6.07) is 7.48. The van der Waals surface area contributed by atoms with Crippen molar-refractivity contribution in [3.8, 4) is 11.3 Å². The number of nitrogens with zero attached hydrogens (tertiary/aromatic N) is 1. The number of unbranched alkanes of at least 4 members (excludes halogenated alkanes) is 1. The Morgan fingerprint density at radius 3 is 3.00 bits per heavy atom. The highest BCUT2D eigenvalue weighted by Gasteiger charge is 2.05. The first kappa shape index (κ1) is 13.6. The summed E-state index contributed by atoms with van der Waals surface area (Å²) in [5.41, 5.74) is 1.64. The average molecular weight is 279 g/mol. The molecule has 0 radical (unpaired) electrons. The van der Waals surface area contributed by atoms with E-state index in [-0.39, 0.29) is 5.91 Å². The third kappa shape index (κ3) is 4.10. The Kier molecular flexibility index (Phi) is 4.98. The van der Waals surface area contributed by atoms with Crippen LogP contribution in [0.3, 0.4) is 0 Å². The predicted molar refractivity (Wildman–Crippen MR) is 75.1 cm³/mol. The van der Waals surface area contributed by atoms with Crippen molar-refractivity contribution in [1.82, 2.24) is 4.98 Å². The maximum atomic E-state index is 11.7. The normalized spacial score (nSPS) is 10.4. The number of halogens is 1. The number of carbonyl (C=O) groups is 1. The molecule has 19 heavy (non-hydrogen) atoms. The van der Waals surface area contributed by atoms with Crippen molar-refractivity contribution in [2.24, 2.45) is 0 Å². The second kappa shape index (κ2) is 6.95. The SMILES string of the molecule is O=C(CCCCCl)Nc1cccc(-c2cnco2)c1. The van der Waals surface area contributed by atoms with Gasteiger partial charge in [-0.2, -0.15) is 0 Å². The van der Waals surface area contributed by atoms with E-state index < -0.39 is 0 Å². The number of alkyl halides is 1. The molecule has 5 heteroatoms. The van der Waals surface area contributed by atoms with Gasteiger partial charge >= 0.3 is 0 Å². The molecule has 4 nitrogen and oxygen atoms in total. The zero-order valence-corrected chi connectivity index (χ0v) is 11.2. The average Bonchev–Trinajstić information content (AvgIpc) is 2.93. The first-order valence-corrected chi connectivity index (χ1v) is 6.68. The third-order valence-corrected chi connectivity index (χ3v) is 2.92. The first-order valence-electron chi connectivity index (χ1n) is 6.14. The van der Waals surface area contributed by atoms with E-state index in [0.29, 0.717) is 18.1 Å². The lowest BCUT2D eigenvalue weighted by Crippen LogP contribution is -2.11. The Morgan fingerprint density at radius 2 is 2.26 bits per heavy atom. The Labute approximate surface area is 116 Å². The van der Waals surface area contributed by atoms with Crippen LogP contribution >= 0.6 is 11.6 Å². The summed E-state index contributed by atoms with van der Waals surface area (Å²) in [5.74, 6) is 1.27. The van der Waals surface area contributed by atoms with Crippen LogP contribution in [0.25, 0.3) is 11.3 Å². The number of hydrogen-bond acceptors (Lipinski definition) is 3. The molecule has 100 valence electrons. The van der Waals surface area contributed by atoms with E-state index in [1.165, 1.54) is 6.39 Å². The van der Waals surface area contributed by atoms with Crippen LogP contribution in [0.15, 0.2) is 41.3 Å². The number of oxazole rings is 1. The Bertz CT molecular complexity index is 526. The quantitative estimate of drug-likeness (QED) is 0.648. The van der Waals surface area contributed by atoms with Gasteiger partial charge in [-0.1, -0.05) is 12.1 Å². The first-order chi connectivity index (χ1) is 9.29. The van der Waals surface area contributed by atoms with Crippen molar-refractivity contribution in [2.45, 2.75) is 19.3 Å². The van der Waals surface area contributed by atoms with E-state index in [1.54, 1.807) is 6.20 Å². The molecule has 0 saturated heterocycles. The van der Waals surface area contributed by atoms with Gasteiger partial charge < -0.3 is 9.73 Å². The van der Waals surface area contributed by atoms with Crippen molar-refractivity contribution in [3.05, 3.63) is 36.9 Å². The topological polar surface area (TPSA) is 55.1 Å². The van der Waals surface area contributed by atoms with Crippen LogP contribution in [-0.2, 0) is 4.79 Å². The predicted octanol–water partition coefficient (Wildman–Crippen LogP) is 3.69. The molecule has 0 saturated carbocycles. The van der Waals surface area contributed by atoms with Crippen molar-refractivity contribution in [1.29, 1.82) is 0 Å².